The molecule has 1 fully saturated rings. The van der Waals surface area contributed by atoms with Crippen LogP contribution in [0.4, 0.5) is 5.69 Å². The molecule has 2 N–H and O–H groups in total. The number of methoxy groups -OCH3 is 1. The summed E-state index contributed by atoms with van der Waals surface area (Å²) >= 11 is 0. The fraction of sp³-hybridized carbons (Fsp3) is 0.565. The van der Waals surface area contributed by atoms with Crippen molar-refractivity contribution in [1.82, 2.24) is 19.7 Å². The van der Waals surface area contributed by atoms with Gasteiger partial charge in [-0.1, -0.05) is 12.8 Å². The maximum Gasteiger partial charge on any atom is 0.244 e. The van der Waals surface area contributed by atoms with E-state index in [1.165, 1.54) is 10.9 Å². The highest BCUT2D eigenvalue weighted by Gasteiger charge is 2.17. The smallest absolute Gasteiger partial charge is 0.244 e. The van der Waals surface area contributed by atoms with Crippen LogP contribution < -0.4 is 14.8 Å². The molecular formula is C23H35N5O6. The Morgan fingerprint density at radius 1 is 1.38 bits per heavy atom. The van der Waals surface area contributed by atoms with Gasteiger partial charge in [0.05, 0.1) is 32.2 Å². The van der Waals surface area contributed by atoms with E-state index in [2.05, 4.69) is 15.4 Å². The molecule has 188 valence electrons. The molecule has 2 amide bonds. The van der Waals surface area contributed by atoms with Gasteiger partial charge in [0.1, 0.15) is 18.4 Å². The van der Waals surface area contributed by atoms with Gasteiger partial charge in [0, 0.05) is 45.1 Å². The van der Waals surface area contributed by atoms with Gasteiger partial charge in [0.15, 0.2) is 0 Å². The molecule has 3 heterocycles. The van der Waals surface area contributed by atoms with Crippen molar-refractivity contribution in [2.75, 3.05) is 45.8 Å². The lowest BCUT2D eigenvalue weighted by Gasteiger charge is -2.16. The topological polar surface area (TPSA) is 128 Å². The number of ether oxygens (including phenoxy) is 3. The monoisotopic (exact) mass is 477 g/mol. The summed E-state index contributed by atoms with van der Waals surface area (Å²) < 4.78 is 17.4. The van der Waals surface area contributed by atoms with Crippen LogP contribution in [-0.2, 0) is 20.9 Å². The zero-order valence-electron chi connectivity index (χ0n) is 19.9. The Morgan fingerprint density at radius 3 is 2.91 bits per heavy atom. The third-order valence-corrected chi connectivity index (χ3v) is 5.09. The number of aliphatic hydroxyl groups is 1. The molecule has 0 saturated carbocycles. The molecule has 1 unspecified atom stereocenters. The first-order chi connectivity index (χ1) is 16.5. The first kappa shape index (κ1) is 27.1. The van der Waals surface area contributed by atoms with Gasteiger partial charge in [-0.3, -0.25) is 14.3 Å². The maximum absolute atomic E-state index is 11.9. The predicted molar refractivity (Wildman–Crippen MR) is 126 cm³/mol. The number of aliphatic hydroxyl groups excluding tert-OH is 1. The Morgan fingerprint density at radius 2 is 2.21 bits per heavy atom. The van der Waals surface area contributed by atoms with E-state index in [4.69, 9.17) is 19.3 Å². The number of unbranched alkanes of at least 4 members (excludes halogenated alkanes) is 3. The molecular weight excluding hydrogens is 442 g/mol. The Hall–Kier alpha value is -3.18. The van der Waals surface area contributed by atoms with Crippen LogP contribution in [0, 0.1) is 0 Å². The first-order valence-electron chi connectivity index (χ1n) is 11.4. The minimum Gasteiger partial charge on any atom is -0.488 e. The Kier molecular flexibility index (Phi) is 12.4. The normalized spacial score (nSPS) is 14.6. The second-order valence-corrected chi connectivity index (χ2v) is 7.78. The molecule has 3 rings (SSSR count). The summed E-state index contributed by atoms with van der Waals surface area (Å²) in [7, 11) is 3.35. The number of anilines is 1. The highest BCUT2D eigenvalue weighted by Crippen LogP contribution is 2.19. The molecule has 1 aliphatic heterocycles. The quantitative estimate of drug-likeness (QED) is 0.330. The van der Waals surface area contributed by atoms with E-state index in [0.29, 0.717) is 31.1 Å². The molecule has 34 heavy (non-hydrogen) atoms. The standard InChI is InChI=1S/C13H22N4O3.C10H13NO3/c1-16(6-4-2-3-5-7-18)13(20)10-17-9-12(8-15-17)14-11-19;1-12-10-6-8(2-4-11-10)14-9-3-5-13-7-9/h8-9,11,18H,2-7,10H2,1H3,(H,14,19);2,4,6,9H,3,5,7H2,1H3. The van der Waals surface area contributed by atoms with E-state index in [-0.39, 0.29) is 25.2 Å². The molecule has 11 nitrogen and oxygen atoms in total. The summed E-state index contributed by atoms with van der Waals surface area (Å²) in [6.07, 6.45) is 10.2. The zero-order valence-corrected chi connectivity index (χ0v) is 19.9. The van der Waals surface area contributed by atoms with Gasteiger partial charge in [-0.2, -0.15) is 5.10 Å². The van der Waals surface area contributed by atoms with E-state index in [1.54, 1.807) is 37.5 Å². The SMILES string of the molecule is CN(CCCCCCO)C(=O)Cn1cc(NC=O)cn1.COc1cc(OC2CCOC2)ccn1. The van der Waals surface area contributed by atoms with E-state index < -0.39 is 0 Å². The number of carbonyl (C=O) groups is 2. The maximum atomic E-state index is 11.9. The lowest BCUT2D eigenvalue weighted by molar-refractivity contribution is -0.130. The molecule has 2 aromatic rings. The molecule has 11 heteroatoms. The Bertz CT molecular complexity index is 856. The average Bonchev–Trinajstić information content (AvgIpc) is 3.52. The molecule has 0 aliphatic carbocycles. The molecule has 0 aromatic carbocycles. The number of hydrogen-bond acceptors (Lipinski definition) is 8. The molecule has 0 spiro atoms. The largest absolute Gasteiger partial charge is 0.488 e. The van der Waals surface area contributed by atoms with E-state index >= 15 is 0 Å². The van der Waals surface area contributed by atoms with Crippen molar-refractivity contribution in [3.05, 3.63) is 30.7 Å². The summed E-state index contributed by atoms with van der Waals surface area (Å²) in [5, 5.41) is 15.1. The van der Waals surface area contributed by atoms with Gasteiger partial charge in [-0.25, -0.2) is 4.98 Å². The van der Waals surface area contributed by atoms with Crippen molar-refractivity contribution in [3.63, 3.8) is 0 Å². The van der Waals surface area contributed by atoms with Crippen LogP contribution in [0.2, 0.25) is 0 Å². The Balaban J connectivity index is 0.000000254. The van der Waals surface area contributed by atoms with E-state index in [0.717, 1.165) is 44.5 Å². The molecule has 1 saturated heterocycles. The summed E-state index contributed by atoms with van der Waals surface area (Å²) in [4.78, 5) is 27.9. The summed E-state index contributed by atoms with van der Waals surface area (Å²) in [6.45, 7) is 2.54. The second kappa shape index (κ2) is 15.6. The van der Waals surface area contributed by atoms with Gasteiger partial charge in [0.25, 0.3) is 0 Å². The number of hydrogen-bond donors (Lipinski definition) is 2. The van der Waals surface area contributed by atoms with Crippen LogP contribution in [0.5, 0.6) is 11.6 Å². The summed E-state index contributed by atoms with van der Waals surface area (Å²) in [5.41, 5.74) is 0.569. The van der Waals surface area contributed by atoms with Crippen LogP contribution in [0.3, 0.4) is 0 Å². The molecule has 2 aromatic heterocycles. The number of amides is 2. The zero-order chi connectivity index (χ0) is 24.6. The average molecular weight is 478 g/mol. The third kappa shape index (κ3) is 10.2. The van der Waals surface area contributed by atoms with Crippen LogP contribution >= 0.6 is 0 Å². The van der Waals surface area contributed by atoms with Crippen molar-refractivity contribution in [3.8, 4) is 11.6 Å². The lowest BCUT2D eigenvalue weighted by atomic mass is 10.2. The number of carbonyl (C=O) groups excluding carboxylic acids is 2. The van der Waals surface area contributed by atoms with Crippen molar-refractivity contribution >= 4 is 18.0 Å². The fourth-order valence-corrected chi connectivity index (χ4v) is 3.17. The van der Waals surface area contributed by atoms with Crippen LogP contribution in [0.15, 0.2) is 30.7 Å². The molecule has 0 radical (unpaired) electrons. The van der Waals surface area contributed by atoms with Gasteiger partial charge >= 0.3 is 0 Å². The van der Waals surface area contributed by atoms with Crippen molar-refractivity contribution in [2.45, 2.75) is 44.8 Å². The molecule has 1 atom stereocenters. The van der Waals surface area contributed by atoms with Crippen LogP contribution in [-0.4, -0.2) is 83.7 Å². The highest BCUT2D eigenvalue weighted by molar-refractivity contribution is 5.76. The van der Waals surface area contributed by atoms with Gasteiger partial charge in [-0.05, 0) is 18.9 Å². The fourth-order valence-electron chi connectivity index (χ4n) is 3.17. The molecule has 1 aliphatic rings. The van der Waals surface area contributed by atoms with Gasteiger partial charge in [0.2, 0.25) is 18.2 Å². The number of nitrogens with zero attached hydrogens (tertiary/aromatic N) is 4. The van der Waals surface area contributed by atoms with Crippen molar-refractivity contribution in [2.24, 2.45) is 0 Å². The second-order valence-electron chi connectivity index (χ2n) is 7.78. The summed E-state index contributed by atoms with van der Waals surface area (Å²) in [5.74, 6) is 1.33. The van der Waals surface area contributed by atoms with Crippen molar-refractivity contribution in [1.29, 1.82) is 0 Å². The molecule has 0 bridgehead atoms. The van der Waals surface area contributed by atoms with E-state index in [1.807, 2.05) is 6.07 Å². The number of likely N-dealkylation sites (N-methyl/N-ethyl adjacent to an activating group) is 1. The number of pyridine rings is 1. The van der Waals surface area contributed by atoms with Gasteiger partial charge in [-0.15, -0.1) is 0 Å². The number of aromatic nitrogens is 3. The van der Waals surface area contributed by atoms with Crippen molar-refractivity contribution < 1.29 is 28.9 Å². The number of rotatable bonds is 13. The van der Waals surface area contributed by atoms with E-state index in [9.17, 15) is 9.59 Å². The number of nitrogens with one attached hydrogen (secondary N) is 1. The highest BCUT2D eigenvalue weighted by atomic mass is 16.5. The Labute approximate surface area is 200 Å². The van der Waals surface area contributed by atoms with Crippen LogP contribution in [0.1, 0.15) is 32.1 Å². The predicted octanol–water partition coefficient (Wildman–Crippen LogP) is 1.72. The lowest BCUT2D eigenvalue weighted by Crippen LogP contribution is -2.31. The van der Waals surface area contributed by atoms with Gasteiger partial charge < -0.3 is 29.5 Å². The third-order valence-electron chi connectivity index (χ3n) is 5.09. The minimum absolute atomic E-state index is 0.0205. The van der Waals surface area contributed by atoms with Crippen LogP contribution in [0.25, 0.3) is 0 Å². The minimum atomic E-state index is -0.0205. The first-order valence-corrected chi connectivity index (χ1v) is 11.4. The summed E-state index contributed by atoms with van der Waals surface area (Å²) in [6, 6.07) is 3.60.